The molecular formula is C16H19NO7. The number of hydrogen-bond acceptors (Lipinski definition) is 7. The number of nitrogens with one attached hydrogen (secondary N) is 1. The summed E-state index contributed by atoms with van der Waals surface area (Å²) < 4.78 is 14.3. The Labute approximate surface area is 139 Å². The highest BCUT2D eigenvalue weighted by Gasteiger charge is 2.22. The Morgan fingerprint density at radius 1 is 1.21 bits per heavy atom. The molecule has 0 unspecified atom stereocenters. The number of carbonyl (C=O) groups excluding carboxylic acids is 4. The van der Waals surface area contributed by atoms with Crippen LogP contribution in [0, 0.1) is 0 Å². The highest BCUT2D eigenvalue weighted by atomic mass is 16.5. The van der Waals surface area contributed by atoms with Crippen molar-refractivity contribution in [3.63, 3.8) is 0 Å². The Hall–Kier alpha value is -2.90. The SMILES string of the molecule is COC(=O)CC[C@@H](NC(=O)COc1cccc(C=O)c1)C(=O)OC. The van der Waals surface area contributed by atoms with E-state index in [2.05, 4.69) is 14.8 Å². The van der Waals surface area contributed by atoms with E-state index in [-0.39, 0.29) is 19.4 Å². The molecule has 1 amide bonds. The Balaban J connectivity index is 2.55. The zero-order valence-electron chi connectivity index (χ0n) is 13.4. The second kappa shape index (κ2) is 9.98. The zero-order valence-corrected chi connectivity index (χ0v) is 13.4. The highest BCUT2D eigenvalue weighted by Crippen LogP contribution is 2.11. The number of benzene rings is 1. The third kappa shape index (κ3) is 6.47. The van der Waals surface area contributed by atoms with Gasteiger partial charge >= 0.3 is 11.9 Å². The maximum atomic E-state index is 11.9. The van der Waals surface area contributed by atoms with Crippen LogP contribution in [0.4, 0.5) is 0 Å². The van der Waals surface area contributed by atoms with Gasteiger partial charge in [-0.05, 0) is 18.6 Å². The third-order valence-corrected chi connectivity index (χ3v) is 3.05. The first-order valence-corrected chi connectivity index (χ1v) is 7.12. The lowest BCUT2D eigenvalue weighted by molar-refractivity contribution is -0.146. The predicted octanol–water partition coefficient (Wildman–Crippen LogP) is 0.489. The topological polar surface area (TPSA) is 108 Å². The lowest BCUT2D eigenvalue weighted by Gasteiger charge is -2.16. The minimum absolute atomic E-state index is 0.0429. The Bertz CT molecular complexity index is 600. The molecule has 0 saturated heterocycles. The molecular weight excluding hydrogens is 318 g/mol. The normalized spacial score (nSPS) is 11.1. The lowest BCUT2D eigenvalue weighted by Crippen LogP contribution is -2.43. The maximum absolute atomic E-state index is 11.9. The van der Waals surface area contributed by atoms with E-state index < -0.39 is 23.9 Å². The molecule has 0 bridgehead atoms. The lowest BCUT2D eigenvalue weighted by atomic mass is 10.1. The molecule has 24 heavy (non-hydrogen) atoms. The quantitative estimate of drug-likeness (QED) is 0.516. The van der Waals surface area contributed by atoms with Crippen molar-refractivity contribution in [2.75, 3.05) is 20.8 Å². The molecule has 1 atom stereocenters. The average Bonchev–Trinajstić information content (AvgIpc) is 2.62. The molecule has 0 aliphatic carbocycles. The highest BCUT2D eigenvalue weighted by molar-refractivity contribution is 5.85. The minimum atomic E-state index is -0.980. The van der Waals surface area contributed by atoms with Crippen LogP contribution in [-0.4, -0.2) is 51.0 Å². The molecule has 0 fully saturated rings. The molecule has 0 aliphatic rings. The van der Waals surface area contributed by atoms with Crippen molar-refractivity contribution in [2.45, 2.75) is 18.9 Å². The Morgan fingerprint density at radius 2 is 1.96 bits per heavy atom. The van der Waals surface area contributed by atoms with Crippen molar-refractivity contribution in [3.8, 4) is 5.75 Å². The number of esters is 2. The molecule has 0 aromatic heterocycles. The second-order valence-corrected chi connectivity index (χ2v) is 4.74. The molecule has 130 valence electrons. The van der Waals surface area contributed by atoms with E-state index >= 15 is 0 Å². The Kier molecular flexibility index (Phi) is 7.97. The second-order valence-electron chi connectivity index (χ2n) is 4.74. The smallest absolute Gasteiger partial charge is 0.328 e. The fourth-order valence-corrected chi connectivity index (χ4v) is 1.82. The van der Waals surface area contributed by atoms with Crippen LogP contribution in [0.5, 0.6) is 5.75 Å². The van der Waals surface area contributed by atoms with E-state index in [1.54, 1.807) is 18.2 Å². The van der Waals surface area contributed by atoms with Gasteiger partial charge in [0.2, 0.25) is 0 Å². The molecule has 0 spiro atoms. The monoisotopic (exact) mass is 337 g/mol. The summed E-state index contributed by atoms with van der Waals surface area (Å²) in [5.41, 5.74) is 0.415. The van der Waals surface area contributed by atoms with Crippen LogP contribution in [0.1, 0.15) is 23.2 Å². The fraction of sp³-hybridized carbons (Fsp3) is 0.375. The van der Waals surface area contributed by atoms with Gasteiger partial charge in [0.25, 0.3) is 5.91 Å². The van der Waals surface area contributed by atoms with Crippen molar-refractivity contribution < 1.29 is 33.4 Å². The summed E-state index contributed by atoms with van der Waals surface area (Å²) >= 11 is 0. The number of ether oxygens (including phenoxy) is 3. The standard InChI is InChI=1S/C16H19NO7/c1-22-15(20)7-6-13(16(21)23-2)17-14(19)10-24-12-5-3-4-11(8-12)9-18/h3-5,8-9,13H,6-7,10H2,1-2H3,(H,17,19)/t13-/m1/s1. The van der Waals surface area contributed by atoms with Crippen LogP contribution >= 0.6 is 0 Å². The number of hydrogen-bond donors (Lipinski definition) is 1. The van der Waals surface area contributed by atoms with E-state index in [0.29, 0.717) is 17.6 Å². The van der Waals surface area contributed by atoms with E-state index in [0.717, 1.165) is 0 Å². The summed E-state index contributed by atoms with van der Waals surface area (Å²) in [6, 6.07) is 5.31. The summed E-state index contributed by atoms with van der Waals surface area (Å²) in [7, 11) is 2.41. The van der Waals surface area contributed by atoms with Crippen molar-refractivity contribution in [1.82, 2.24) is 5.32 Å². The van der Waals surface area contributed by atoms with Gasteiger partial charge in [-0.3, -0.25) is 14.4 Å². The van der Waals surface area contributed by atoms with Gasteiger partial charge in [0.05, 0.1) is 14.2 Å². The largest absolute Gasteiger partial charge is 0.484 e. The van der Waals surface area contributed by atoms with Crippen LogP contribution in [0.25, 0.3) is 0 Å². The van der Waals surface area contributed by atoms with Gasteiger partial charge in [0.1, 0.15) is 18.1 Å². The molecule has 1 N–H and O–H groups in total. The van der Waals surface area contributed by atoms with E-state index in [9.17, 15) is 19.2 Å². The van der Waals surface area contributed by atoms with Gasteiger partial charge in [-0.2, -0.15) is 0 Å². The molecule has 0 saturated carbocycles. The molecule has 0 heterocycles. The van der Waals surface area contributed by atoms with Crippen LogP contribution in [0.15, 0.2) is 24.3 Å². The molecule has 0 radical (unpaired) electrons. The molecule has 1 rings (SSSR count). The predicted molar refractivity (Wildman–Crippen MR) is 82.5 cm³/mol. The summed E-state index contributed by atoms with van der Waals surface area (Å²) in [6.45, 7) is -0.353. The average molecular weight is 337 g/mol. The first kappa shape index (κ1) is 19.1. The first-order chi connectivity index (χ1) is 11.5. The zero-order chi connectivity index (χ0) is 17.9. The minimum Gasteiger partial charge on any atom is -0.484 e. The number of methoxy groups -OCH3 is 2. The summed E-state index contributed by atoms with van der Waals surface area (Å²) in [5.74, 6) is -1.39. The van der Waals surface area contributed by atoms with Crippen molar-refractivity contribution in [3.05, 3.63) is 29.8 Å². The number of rotatable bonds is 9. The Morgan fingerprint density at radius 3 is 2.58 bits per heavy atom. The van der Waals surface area contributed by atoms with E-state index in [1.807, 2.05) is 0 Å². The van der Waals surface area contributed by atoms with E-state index in [1.165, 1.54) is 20.3 Å². The fourth-order valence-electron chi connectivity index (χ4n) is 1.82. The maximum Gasteiger partial charge on any atom is 0.328 e. The van der Waals surface area contributed by atoms with Crippen molar-refractivity contribution in [2.24, 2.45) is 0 Å². The molecule has 8 heteroatoms. The third-order valence-electron chi connectivity index (χ3n) is 3.05. The first-order valence-electron chi connectivity index (χ1n) is 7.12. The summed E-state index contributed by atoms with van der Waals surface area (Å²) in [5, 5.41) is 2.43. The van der Waals surface area contributed by atoms with Gasteiger partial charge in [0, 0.05) is 12.0 Å². The van der Waals surface area contributed by atoms with E-state index in [4.69, 9.17) is 4.74 Å². The van der Waals surface area contributed by atoms with Gasteiger partial charge in [-0.15, -0.1) is 0 Å². The summed E-state index contributed by atoms with van der Waals surface area (Å²) in [4.78, 5) is 45.3. The van der Waals surface area contributed by atoms with Crippen LogP contribution in [0.3, 0.4) is 0 Å². The number of carbonyl (C=O) groups is 4. The molecule has 1 aromatic carbocycles. The van der Waals surface area contributed by atoms with Gasteiger partial charge in [0.15, 0.2) is 6.61 Å². The van der Waals surface area contributed by atoms with Crippen LogP contribution in [0.2, 0.25) is 0 Å². The van der Waals surface area contributed by atoms with Gasteiger partial charge in [-0.25, -0.2) is 4.79 Å². The van der Waals surface area contributed by atoms with Crippen molar-refractivity contribution in [1.29, 1.82) is 0 Å². The van der Waals surface area contributed by atoms with Crippen LogP contribution < -0.4 is 10.1 Å². The molecule has 0 aliphatic heterocycles. The van der Waals surface area contributed by atoms with Crippen LogP contribution in [-0.2, 0) is 23.9 Å². The molecule has 1 aromatic rings. The van der Waals surface area contributed by atoms with Gasteiger partial charge < -0.3 is 19.5 Å². The van der Waals surface area contributed by atoms with Crippen molar-refractivity contribution >= 4 is 24.1 Å². The molecule has 8 nitrogen and oxygen atoms in total. The van der Waals surface area contributed by atoms with Gasteiger partial charge in [-0.1, -0.05) is 12.1 Å². The number of amides is 1. The number of aldehydes is 1. The summed E-state index contributed by atoms with van der Waals surface area (Å²) in [6.07, 6.45) is 0.664.